The molecule has 5 nitrogen and oxygen atoms in total. The monoisotopic (exact) mass is 220 g/mol. The zero-order chi connectivity index (χ0) is 10.8. The van der Waals surface area contributed by atoms with Crippen LogP contribution in [0.2, 0.25) is 0 Å². The summed E-state index contributed by atoms with van der Waals surface area (Å²) in [5, 5.41) is 5.45. The number of hydrogen-bond donors (Lipinski definition) is 2. The van der Waals surface area contributed by atoms with Gasteiger partial charge in [-0.3, -0.25) is 4.79 Å². The number of rotatable bonds is 3. The van der Waals surface area contributed by atoms with Gasteiger partial charge in [0, 0.05) is 0 Å². The van der Waals surface area contributed by atoms with E-state index in [0.29, 0.717) is 6.42 Å². The highest BCUT2D eigenvalue weighted by Crippen LogP contribution is 2.22. The van der Waals surface area contributed by atoms with Crippen molar-refractivity contribution in [2.45, 2.75) is 18.9 Å². The Morgan fingerprint density at radius 1 is 1.50 bits per heavy atom. The van der Waals surface area contributed by atoms with Crippen molar-refractivity contribution in [1.82, 2.24) is 10.6 Å². The molecular formula is C8H16N2O3S. The molecule has 0 aliphatic carbocycles. The molecule has 1 aliphatic rings. The number of carbonyl (C=O) groups excluding carboxylic acids is 1. The van der Waals surface area contributed by atoms with E-state index in [2.05, 4.69) is 10.6 Å². The summed E-state index contributed by atoms with van der Waals surface area (Å²) in [6, 6.07) is 0. The number of amides is 1. The van der Waals surface area contributed by atoms with Crippen molar-refractivity contribution in [1.29, 1.82) is 0 Å². The molecule has 1 rings (SSSR count). The summed E-state index contributed by atoms with van der Waals surface area (Å²) >= 11 is 0. The second-order valence-electron chi connectivity index (χ2n) is 3.98. The first-order valence-corrected chi connectivity index (χ1v) is 6.35. The molecule has 0 radical (unpaired) electrons. The number of hydrogen-bond acceptors (Lipinski definition) is 4. The van der Waals surface area contributed by atoms with Crippen molar-refractivity contribution in [3.63, 3.8) is 0 Å². The van der Waals surface area contributed by atoms with Gasteiger partial charge in [0.05, 0.1) is 23.6 Å². The first-order valence-electron chi connectivity index (χ1n) is 4.53. The van der Waals surface area contributed by atoms with Gasteiger partial charge in [-0.15, -0.1) is 0 Å². The van der Waals surface area contributed by atoms with Gasteiger partial charge >= 0.3 is 0 Å². The molecule has 2 N–H and O–H groups in total. The maximum atomic E-state index is 11.2. The summed E-state index contributed by atoms with van der Waals surface area (Å²) in [6.45, 7) is 1.99. The van der Waals surface area contributed by atoms with Crippen molar-refractivity contribution in [3.05, 3.63) is 0 Å². The summed E-state index contributed by atoms with van der Waals surface area (Å²) < 4.78 is 22.4. The summed E-state index contributed by atoms with van der Waals surface area (Å²) in [5.41, 5.74) is -0.577. The molecule has 0 aromatic heterocycles. The molecule has 6 heteroatoms. The largest absolute Gasteiger partial charge is 0.349 e. The van der Waals surface area contributed by atoms with Gasteiger partial charge in [0.2, 0.25) is 5.91 Å². The van der Waals surface area contributed by atoms with Crippen LogP contribution in [0, 0.1) is 0 Å². The van der Waals surface area contributed by atoms with Crippen LogP contribution in [0.3, 0.4) is 0 Å². The minimum absolute atomic E-state index is 0.0510. The Hall–Kier alpha value is -0.620. The fraction of sp³-hybridized carbons (Fsp3) is 0.875. The molecule has 1 saturated heterocycles. The van der Waals surface area contributed by atoms with E-state index >= 15 is 0 Å². The molecular weight excluding hydrogens is 204 g/mol. The Bertz CT molecular complexity index is 325. The van der Waals surface area contributed by atoms with Gasteiger partial charge in [0.25, 0.3) is 0 Å². The van der Waals surface area contributed by atoms with Crippen LogP contribution in [0.5, 0.6) is 0 Å². The average molecular weight is 220 g/mol. The highest BCUT2D eigenvalue weighted by molar-refractivity contribution is 7.91. The predicted octanol–water partition coefficient (Wildman–Crippen LogP) is -1.10. The summed E-state index contributed by atoms with van der Waals surface area (Å²) in [6.07, 6.45) is 0.505. The molecule has 0 bridgehead atoms. The van der Waals surface area contributed by atoms with Crippen molar-refractivity contribution < 1.29 is 13.2 Å². The molecule has 1 heterocycles. The van der Waals surface area contributed by atoms with Crippen LogP contribution in [0.1, 0.15) is 13.3 Å². The van der Waals surface area contributed by atoms with E-state index in [0.717, 1.165) is 0 Å². The predicted molar refractivity (Wildman–Crippen MR) is 53.7 cm³/mol. The topological polar surface area (TPSA) is 75.3 Å². The van der Waals surface area contributed by atoms with Crippen molar-refractivity contribution in [2.24, 2.45) is 0 Å². The molecule has 0 aromatic rings. The Balaban J connectivity index is 2.57. The molecule has 1 amide bonds. The third-order valence-corrected chi connectivity index (χ3v) is 4.18. The quantitative estimate of drug-likeness (QED) is 0.633. The third kappa shape index (κ3) is 2.95. The second kappa shape index (κ2) is 3.86. The minimum atomic E-state index is -2.95. The molecule has 1 aliphatic heterocycles. The standard InChI is InChI=1S/C8H16N2O3S/c1-8(10-7(11)5-9-2)3-4-14(12,13)6-8/h9H,3-6H2,1-2H3,(H,10,11). The van der Waals surface area contributed by atoms with Crippen molar-refractivity contribution in [2.75, 3.05) is 25.1 Å². The van der Waals surface area contributed by atoms with Gasteiger partial charge in [0.15, 0.2) is 9.84 Å². The molecule has 1 fully saturated rings. The van der Waals surface area contributed by atoms with Crippen LogP contribution in [0.25, 0.3) is 0 Å². The van der Waals surface area contributed by atoms with E-state index in [1.54, 1.807) is 14.0 Å². The number of carbonyl (C=O) groups is 1. The molecule has 14 heavy (non-hydrogen) atoms. The summed E-state index contributed by atoms with van der Waals surface area (Å²) in [5.74, 6) is 0.0609. The van der Waals surface area contributed by atoms with E-state index in [-0.39, 0.29) is 24.0 Å². The van der Waals surface area contributed by atoms with Crippen LogP contribution in [-0.4, -0.2) is 45.0 Å². The first-order chi connectivity index (χ1) is 6.37. The Morgan fingerprint density at radius 2 is 2.14 bits per heavy atom. The summed E-state index contributed by atoms with van der Waals surface area (Å²) in [7, 11) is -1.28. The third-order valence-electron chi connectivity index (χ3n) is 2.28. The van der Waals surface area contributed by atoms with Gasteiger partial charge in [-0.2, -0.15) is 0 Å². The molecule has 82 valence electrons. The lowest BCUT2D eigenvalue weighted by Gasteiger charge is -2.23. The van der Waals surface area contributed by atoms with Crippen LogP contribution < -0.4 is 10.6 Å². The van der Waals surface area contributed by atoms with E-state index in [1.807, 2.05) is 0 Å². The maximum Gasteiger partial charge on any atom is 0.234 e. The zero-order valence-corrected chi connectivity index (χ0v) is 9.28. The van der Waals surface area contributed by atoms with Crippen LogP contribution in [0.15, 0.2) is 0 Å². The van der Waals surface area contributed by atoms with E-state index in [4.69, 9.17) is 0 Å². The number of nitrogens with one attached hydrogen (secondary N) is 2. The van der Waals surface area contributed by atoms with Gasteiger partial charge < -0.3 is 10.6 Å². The van der Waals surface area contributed by atoms with Gasteiger partial charge in [-0.1, -0.05) is 0 Å². The number of likely N-dealkylation sites (N-methyl/N-ethyl adjacent to an activating group) is 1. The highest BCUT2D eigenvalue weighted by Gasteiger charge is 2.39. The molecule has 1 unspecified atom stereocenters. The molecule has 1 atom stereocenters. The van der Waals surface area contributed by atoms with Crippen molar-refractivity contribution >= 4 is 15.7 Å². The lowest BCUT2D eigenvalue weighted by Crippen LogP contribution is -2.49. The normalized spacial score (nSPS) is 30.1. The highest BCUT2D eigenvalue weighted by atomic mass is 32.2. The van der Waals surface area contributed by atoms with Gasteiger partial charge in [-0.05, 0) is 20.4 Å². The fourth-order valence-corrected chi connectivity index (χ4v) is 3.74. The van der Waals surface area contributed by atoms with E-state index < -0.39 is 15.4 Å². The summed E-state index contributed by atoms with van der Waals surface area (Å²) in [4.78, 5) is 11.2. The smallest absolute Gasteiger partial charge is 0.234 e. The molecule has 0 spiro atoms. The fourth-order valence-electron chi connectivity index (χ4n) is 1.65. The SMILES string of the molecule is CNCC(=O)NC1(C)CCS(=O)(=O)C1. The second-order valence-corrected chi connectivity index (χ2v) is 6.17. The Morgan fingerprint density at radius 3 is 2.57 bits per heavy atom. The van der Waals surface area contributed by atoms with Crippen LogP contribution in [0.4, 0.5) is 0 Å². The maximum absolute atomic E-state index is 11.2. The lowest BCUT2D eigenvalue weighted by molar-refractivity contribution is -0.121. The van der Waals surface area contributed by atoms with Crippen LogP contribution in [-0.2, 0) is 14.6 Å². The molecule has 0 aromatic carbocycles. The number of sulfone groups is 1. The Kier molecular flexibility index (Phi) is 3.16. The van der Waals surface area contributed by atoms with Crippen molar-refractivity contribution in [3.8, 4) is 0 Å². The average Bonchev–Trinajstić information content (AvgIpc) is 2.25. The van der Waals surface area contributed by atoms with E-state index in [9.17, 15) is 13.2 Å². The van der Waals surface area contributed by atoms with Crippen LogP contribution >= 0.6 is 0 Å². The zero-order valence-electron chi connectivity index (χ0n) is 8.46. The van der Waals surface area contributed by atoms with Gasteiger partial charge in [0.1, 0.15) is 0 Å². The first kappa shape index (κ1) is 11.5. The minimum Gasteiger partial charge on any atom is -0.349 e. The lowest BCUT2D eigenvalue weighted by atomic mass is 10.0. The Labute approximate surface area is 84.2 Å². The van der Waals surface area contributed by atoms with E-state index in [1.165, 1.54) is 0 Å². The molecule has 0 saturated carbocycles. The van der Waals surface area contributed by atoms with Gasteiger partial charge in [-0.25, -0.2) is 8.42 Å².